The van der Waals surface area contributed by atoms with E-state index in [0.717, 1.165) is 11.1 Å². The van der Waals surface area contributed by atoms with Gasteiger partial charge >= 0.3 is 0 Å². The first kappa shape index (κ1) is 22.4. The van der Waals surface area contributed by atoms with Gasteiger partial charge in [-0.05, 0) is 47.9 Å². The molecule has 7 heteroatoms. The first-order chi connectivity index (χ1) is 15.0. The summed E-state index contributed by atoms with van der Waals surface area (Å²) in [6.45, 7) is 0. The van der Waals surface area contributed by atoms with E-state index < -0.39 is 0 Å². The Labute approximate surface area is 185 Å². The van der Waals surface area contributed by atoms with Crippen molar-refractivity contribution in [3.63, 3.8) is 0 Å². The number of benzene rings is 2. The Balaban J connectivity index is 1.54. The maximum atomic E-state index is 13.0. The molecule has 0 bridgehead atoms. The predicted octanol–water partition coefficient (Wildman–Crippen LogP) is 5.32. The fourth-order valence-corrected chi connectivity index (χ4v) is 3.04. The summed E-state index contributed by atoms with van der Waals surface area (Å²) in [5.74, 6) is 1.53. The lowest BCUT2D eigenvalue weighted by Crippen LogP contribution is -2.12. The summed E-state index contributed by atoms with van der Waals surface area (Å²) in [7, 11) is 0. The molecule has 0 fully saturated rings. The average molecular weight is 441 g/mol. The number of pyridine rings is 1. The Morgan fingerprint density at radius 2 is 1.58 bits per heavy atom. The van der Waals surface area contributed by atoms with Crippen LogP contribution in [0.2, 0.25) is 0 Å². The number of Topliss-reactive ketones (excluding diaryl/α,β-unsaturated/α-hetero) is 1. The maximum absolute atomic E-state index is 13.0. The van der Waals surface area contributed by atoms with Crippen molar-refractivity contribution in [1.29, 1.82) is 0 Å². The molecule has 1 N–H and O–H groups in total. The molecule has 3 aromatic rings. The molecule has 0 saturated carbocycles. The third-order valence-corrected chi connectivity index (χ3v) is 4.68. The zero-order chi connectivity index (χ0) is 22.1. The molecule has 2 aromatic carbocycles. The molecule has 160 valence electrons. The zero-order valence-electron chi connectivity index (χ0n) is 16.8. The molecule has 1 aromatic heterocycles. The number of ether oxygens (including phenoxy) is 1. The van der Waals surface area contributed by atoms with Gasteiger partial charge in [0.2, 0.25) is 5.91 Å². The summed E-state index contributed by atoms with van der Waals surface area (Å²) in [4.78, 5) is 28.2. The van der Waals surface area contributed by atoms with Crippen LogP contribution in [0.25, 0.3) is 0 Å². The number of alkyl halides is 1. The number of nitrogens with zero attached hydrogens (tertiary/aromatic N) is 1. The van der Waals surface area contributed by atoms with Crippen LogP contribution in [0.4, 0.5) is 10.2 Å². The van der Waals surface area contributed by atoms with Gasteiger partial charge in [0.05, 0.1) is 0 Å². The molecule has 0 aliphatic heterocycles. The molecule has 0 aliphatic rings. The van der Waals surface area contributed by atoms with E-state index in [0.29, 0.717) is 36.0 Å². The van der Waals surface area contributed by atoms with E-state index in [-0.39, 0.29) is 30.3 Å². The van der Waals surface area contributed by atoms with Crippen molar-refractivity contribution >= 4 is 29.1 Å². The normalized spacial score (nSPS) is 10.5. The van der Waals surface area contributed by atoms with Gasteiger partial charge in [-0.1, -0.05) is 24.3 Å². The van der Waals surface area contributed by atoms with Gasteiger partial charge in [0.15, 0.2) is 0 Å². The minimum absolute atomic E-state index is 0.0453. The lowest BCUT2D eigenvalue weighted by atomic mass is 10.0. The first-order valence-corrected chi connectivity index (χ1v) is 10.4. The Morgan fingerprint density at radius 3 is 2.23 bits per heavy atom. The summed E-state index contributed by atoms with van der Waals surface area (Å²) in [5, 5.41) is 2.71. The van der Waals surface area contributed by atoms with E-state index in [4.69, 9.17) is 16.3 Å². The van der Waals surface area contributed by atoms with Gasteiger partial charge in [-0.2, -0.15) is 0 Å². The van der Waals surface area contributed by atoms with E-state index >= 15 is 0 Å². The van der Waals surface area contributed by atoms with Gasteiger partial charge in [0, 0.05) is 37.4 Å². The summed E-state index contributed by atoms with van der Waals surface area (Å²) < 4.78 is 18.8. The molecule has 3 rings (SSSR count). The highest BCUT2D eigenvalue weighted by atomic mass is 35.5. The van der Waals surface area contributed by atoms with E-state index in [1.54, 1.807) is 42.6 Å². The Bertz CT molecular complexity index is 1020. The van der Waals surface area contributed by atoms with E-state index in [1.807, 2.05) is 12.1 Å². The number of aromatic nitrogens is 1. The highest BCUT2D eigenvalue weighted by molar-refractivity contribution is 6.18. The molecular weight excluding hydrogens is 419 g/mol. The maximum Gasteiger partial charge on any atom is 0.225 e. The second-order valence-corrected chi connectivity index (χ2v) is 7.36. The van der Waals surface area contributed by atoms with Crippen molar-refractivity contribution in [2.75, 3.05) is 11.2 Å². The lowest BCUT2D eigenvalue weighted by Gasteiger charge is -2.09. The van der Waals surface area contributed by atoms with Crippen molar-refractivity contribution in [1.82, 2.24) is 4.98 Å². The SMILES string of the molecule is O=C(Cc1ccc(F)cc1)Cc1ccc(Oc2ccnc(NC(=O)CCCCl)c2)cc1. The van der Waals surface area contributed by atoms with E-state index in [2.05, 4.69) is 10.3 Å². The topological polar surface area (TPSA) is 68.3 Å². The molecule has 31 heavy (non-hydrogen) atoms. The highest BCUT2D eigenvalue weighted by Crippen LogP contribution is 2.23. The van der Waals surface area contributed by atoms with Crippen molar-refractivity contribution in [3.8, 4) is 11.5 Å². The van der Waals surface area contributed by atoms with Gasteiger partial charge in [0.25, 0.3) is 0 Å². The number of ketones is 1. The van der Waals surface area contributed by atoms with Crippen molar-refractivity contribution in [2.24, 2.45) is 0 Å². The van der Waals surface area contributed by atoms with Gasteiger partial charge < -0.3 is 10.1 Å². The fraction of sp³-hybridized carbons (Fsp3) is 0.208. The largest absolute Gasteiger partial charge is 0.457 e. The first-order valence-electron chi connectivity index (χ1n) is 9.86. The van der Waals surface area contributed by atoms with Crippen LogP contribution in [0.3, 0.4) is 0 Å². The minimum Gasteiger partial charge on any atom is -0.457 e. The van der Waals surface area contributed by atoms with Crippen LogP contribution in [0, 0.1) is 5.82 Å². The smallest absolute Gasteiger partial charge is 0.225 e. The number of hydrogen-bond donors (Lipinski definition) is 1. The molecule has 0 atom stereocenters. The van der Waals surface area contributed by atoms with Crippen molar-refractivity contribution < 1.29 is 18.7 Å². The molecule has 1 amide bonds. The number of halogens is 2. The molecule has 1 heterocycles. The Hall–Kier alpha value is -3.25. The zero-order valence-corrected chi connectivity index (χ0v) is 17.6. The second kappa shape index (κ2) is 11.2. The molecule has 0 saturated heterocycles. The van der Waals surface area contributed by atoms with Crippen LogP contribution in [-0.2, 0) is 22.4 Å². The summed E-state index contributed by atoms with van der Waals surface area (Å²) in [5.41, 5.74) is 1.65. The van der Waals surface area contributed by atoms with Gasteiger partial charge in [-0.15, -0.1) is 11.6 Å². The third kappa shape index (κ3) is 7.50. The molecule has 0 radical (unpaired) electrons. The number of carbonyl (C=O) groups excluding carboxylic acids is 2. The number of amides is 1. The Kier molecular flexibility index (Phi) is 8.12. The van der Waals surface area contributed by atoms with E-state index in [1.165, 1.54) is 12.1 Å². The third-order valence-electron chi connectivity index (χ3n) is 4.41. The van der Waals surface area contributed by atoms with Crippen LogP contribution < -0.4 is 10.1 Å². The van der Waals surface area contributed by atoms with Crippen molar-refractivity contribution in [3.05, 3.63) is 83.8 Å². The molecule has 0 aliphatic carbocycles. The Morgan fingerprint density at radius 1 is 0.935 bits per heavy atom. The van der Waals surface area contributed by atoms with Crippen LogP contribution in [0.1, 0.15) is 24.0 Å². The molecule has 0 unspecified atom stereocenters. The number of carbonyl (C=O) groups is 2. The lowest BCUT2D eigenvalue weighted by molar-refractivity contribution is -0.118. The molecule has 5 nitrogen and oxygen atoms in total. The van der Waals surface area contributed by atoms with Crippen molar-refractivity contribution in [2.45, 2.75) is 25.7 Å². The number of anilines is 1. The number of rotatable bonds is 10. The highest BCUT2D eigenvalue weighted by Gasteiger charge is 2.08. The molecular formula is C24H22ClFN2O3. The second-order valence-electron chi connectivity index (χ2n) is 6.98. The van der Waals surface area contributed by atoms with Gasteiger partial charge in [-0.3, -0.25) is 9.59 Å². The molecule has 0 spiro atoms. The summed E-state index contributed by atoms with van der Waals surface area (Å²) in [6.07, 6.45) is 3.02. The van der Waals surface area contributed by atoms with Crippen LogP contribution in [-0.4, -0.2) is 22.6 Å². The summed E-state index contributed by atoms with van der Waals surface area (Å²) in [6, 6.07) is 16.5. The fourth-order valence-electron chi connectivity index (χ4n) is 2.91. The monoisotopic (exact) mass is 440 g/mol. The standard InChI is InChI=1S/C24H22ClFN2O3/c25-12-1-2-24(30)28-23-16-22(11-13-27-23)31-21-9-5-18(6-10-21)15-20(29)14-17-3-7-19(26)8-4-17/h3-11,13,16H,1-2,12,14-15H2,(H,27,28,30). The van der Waals surface area contributed by atoms with Crippen LogP contribution in [0.5, 0.6) is 11.5 Å². The van der Waals surface area contributed by atoms with Gasteiger partial charge in [0.1, 0.15) is 28.9 Å². The predicted molar refractivity (Wildman–Crippen MR) is 118 cm³/mol. The van der Waals surface area contributed by atoms with Crippen LogP contribution in [0.15, 0.2) is 66.9 Å². The number of hydrogen-bond acceptors (Lipinski definition) is 4. The summed E-state index contributed by atoms with van der Waals surface area (Å²) >= 11 is 5.60. The number of nitrogens with one attached hydrogen (secondary N) is 1. The van der Waals surface area contributed by atoms with E-state index in [9.17, 15) is 14.0 Å². The average Bonchev–Trinajstić information content (AvgIpc) is 2.75. The minimum atomic E-state index is -0.318. The van der Waals surface area contributed by atoms with Gasteiger partial charge in [-0.25, -0.2) is 9.37 Å². The van der Waals surface area contributed by atoms with Crippen LogP contribution >= 0.6 is 11.6 Å². The quantitative estimate of drug-likeness (QED) is 0.433.